The average molecular weight is 279 g/mol. The predicted octanol–water partition coefficient (Wildman–Crippen LogP) is 3.51. The van der Waals surface area contributed by atoms with E-state index in [0.717, 1.165) is 6.42 Å². The van der Waals surface area contributed by atoms with Gasteiger partial charge in [0.1, 0.15) is 11.7 Å². The lowest BCUT2D eigenvalue weighted by Crippen LogP contribution is -2.15. The Morgan fingerprint density at radius 2 is 1.95 bits per heavy atom. The van der Waals surface area contributed by atoms with Gasteiger partial charge in [0.25, 0.3) is 0 Å². The van der Waals surface area contributed by atoms with E-state index in [1.165, 1.54) is 24.3 Å². The van der Waals surface area contributed by atoms with E-state index in [1.807, 2.05) is 19.9 Å². The van der Waals surface area contributed by atoms with Crippen molar-refractivity contribution in [1.82, 2.24) is 0 Å². The molecule has 0 amide bonds. The number of ether oxygens (including phenoxy) is 1. The van der Waals surface area contributed by atoms with Crippen molar-refractivity contribution in [2.45, 2.75) is 32.8 Å². The Balaban J connectivity index is 2.13. The monoisotopic (exact) mass is 279 g/mol. The van der Waals surface area contributed by atoms with Crippen molar-refractivity contribution in [3.8, 4) is 11.8 Å². The normalized spacial score (nSPS) is 21.1. The van der Waals surface area contributed by atoms with E-state index in [4.69, 9.17) is 0 Å². The summed E-state index contributed by atoms with van der Waals surface area (Å²) in [6.45, 7) is 1.09. The Labute approximate surface area is 116 Å². The number of nitrogens with zero attached hydrogens (tertiary/aromatic N) is 1. The molecule has 0 bridgehead atoms. The minimum atomic E-state index is -2.89. The molecule has 0 heterocycles. The minimum absolute atomic E-state index is 0.0136. The first-order chi connectivity index (χ1) is 9.35. The lowest BCUT2D eigenvalue weighted by Gasteiger charge is -2.11. The molecule has 0 saturated heterocycles. The summed E-state index contributed by atoms with van der Waals surface area (Å²) >= 11 is 0. The maximum atomic E-state index is 12.2. The lowest BCUT2D eigenvalue weighted by atomic mass is 9.91. The molecule has 1 saturated carbocycles. The van der Waals surface area contributed by atoms with Crippen LogP contribution in [0, 0.1) is 22.7 Å². The van der Waals surface area contributed by atoms with Crippen molar-refractivity contribution in [2.75, 3.05) is 0 Å². The first-order valence-corrected chi connectivity index (χ1v) is 6.33. The quantitative estimate of drug-likeness (QED) is 0.828. The van der Waals surface area contributed by atoms with Crippen molar-refractivity contribution in [2.24, 2.45) is 11.3 Å². The number of hydrogen-bond donors (Lipinski definition) is 0. The molecule has 1 aromatic carbocycles. The van der Waals surface area contributed by atoms with Gasteiger partial charge in [0, 0.05) is 5.92 Å². The zero-order valence-electron chi connectivity index (χ0n) is 11.3. The van der Waals surface area contributed by atoms with E-state index >= 15 is 0 Å². The number of carbonyl (C=O) groups is 1. The molecule has 2 rings (SSSR count). The van der Waals surface area contributed by atoms with Crippen molar-refractivity contribution >= 4 is 5.78 Å². The fourth-order valence-electron chi connectivity index (χ4n) is 2.30. The van der Waals surface area contributed by atoms with Gasteiger partial charge in [0.2, 0.25) is 0 Å². The maximum Gasteiger partial charge on any atom is 0.387 e. The molecule has 2 unspecified atom stereocenters. The third-order valence-corrected chi connectivity index (χ3v) is 3.71. The molecule has 2 atom stereocenters. The molecule has 0 radical (unpaired) electrons. The smallest absolute Gasteiger partial charge is 0.387 e. The van der Waals surface area contributed by atoms with Gasteiger partial charge in [-0.25, -0.2) is 0 Å². The SMILES string of the molecule is CC1(C)CC1C(=O)C(C#N)c1ccc(OC(F)F)cc1. The highest BCUT2D eigenvalue weighted by molar-refractivity contribution is 5.93. The summed E-state index contributed by atoms with van der Waals surface area (Å²) in [5.74, 6) is -1.02. The molecule has 1 aromatic rings. The molecule has 0 aliphatic heterocycles. The van der Waals surface area contributed by atoms with Crippen LogP contribution in [0.2, 0.25) is 0 Å². The molecule has 20 heavy (non-hydrogen) atoms. The Hall–Kier alpha value is -1.96. The zero-order valence-corrected chi connectivity index (χ0v) is 11.3. The highest BCUT2D eigenvalue weighted by Gasteiger charge is 2.52. The van der Waals surface area contributed by atoms with Crippen LogP contribution in [-0.4, -0.2) is 12.4 Å². The number of alkyl halides is 2. The van der Waals surface area contributed by atoms with Crippen molar-refractivity contribution in [3.63, 3.8) is 0 Å². The minimum Gasteiger partial charge on any atom is -0.435 e. The fourth-order valence-corrected chi connectivity index (χ4v) is 2.30. The Kier molecular flexibility index (Phi) is 3.76. The Morgan fingerprint density at radius 1 is 1.40 bits per heavy atom. The van der Waals surface area contributed by atoms with Crippen LogP contribution < -0.4 is 4.74 Å². The number of nitriles is 1. The van der Waals surface area contributed by atoms with Crippen LogP contribution in [0.3, 0.4) is 0 Å². The number of ketones is 1. The number of rotatable bonds is 5. The van der Waals surface area contributed by atoms with Gasteiger partial charge in [0.05, 0.1) is 6.07 Å². The first-order valence-electron chi connectivity index (χ1n) is 6.33. The van der Waals surface area contributed by atoms with Crippen LogP contribution in [0.1, 0.15) is 31.7 Å². The third kappa shape index (κ3) is 2.96. The molecule has 1 aliphatic rings. The number of hydrogen-bond acceptors (Lipinski definition) is 3. The van der Waals surface area contributed by atoms with Gasteiger partial charge in [-0.1, -0.05) is 26.0 Å². The van der Waals surface area contributed by atoms with Crippen LogP contribution >= 0.6 is 0 Å². The fraction of sp³-hybridized carbons (Fsp3) is 0.467. The number of benzene rings is 1. The van der Waals surface area contributed by atoms with Crippen LogP contribution in [-0.2, 0) is 4.79 Å². The average Bonchev–Trinajstić information content (AvgIpc) is 3.00. The van der Waals surface area contributed by atoms with Crippen LogP contribution in [0.5, 0.6) is 5.75 Å². The third-order valence-electron chi connectivity index (χ3n) is 3.71. The van der Waals surface area contributed by atoms with Gasteiger partial charge in [-0.05, 0) is 29.5 Å². The largest absolute Gasteiger partial charge is 0.435 e. The number of Topliss-reactive ketones (excluding diaryl/α,β-unsaturated/α-hetero) is 1. The molecule has 0 N–H and O–H groups in total. The molecular weight excluding hydrogens is 264 g/mol. The van der Waals surface area contributed by atoms with Crippen molar-refractivity contribution in [3.05, 3.63) is 29.8 Å². The highest BCUT2D eigenvalue weighted by atomic mass is 19.3. The van der Waals surface area contributed by atoms with E-state index in [2.05, 4.69) is 4.74 Å². The molecule has 0 spiro atoms. The summed E-state index contributed by atoms with van der Waals surface area (Å²) in [4.78, 5) is 12.2. The first kappa shape index (κ1) is 14.4. The summed E-state index contributed by atoms with van der Waals surface area (Å²) in [6, 6.07) is 7.66. The zero-order chi connectivity index (χ0) is 14.9. The van der Waals surface area contributed by atoms with Gasteiger partial charge < -0.3 is 4.74 Å². The summed E-state index contributed by atoms with van der Waals surface area (Å²) < 4.78 is 28.3. The standard InChI is InChI=1S/C15H15F2NO2/c1-15(2)7-12(15)13(19)11(8-18)9-3-5-10(6-4-9)20-14(16)17/h3-6,11-12,14H,7H2,1-2H3. The van der Waals surface area contributed by atoms with Crippen LogP contribution in [0.4, 0.5) is 8.78 Å². The topological polar surface area (TPSA) is 50.1 Å². The van der Waals surface area contributed by atoms with E-state index in [1.54, 1.807) is 0 Å². The van der Waals surface area contributed by atoms with Gasteiger partial charge in [-0.15, -0.1) is 0 Å². The number of halogens is 2. The summed E-state index contributed by atoms with van der Waals surface area (Å²) in [6.07, 6.45) is 0.788. The molecule has 0 aromatic heterocycles. The second-order valence-corrected chi connectivity index (χ2v) is 5.66. The van der Waals surface area contributed by atoms with Crippen LogP contribution in [0.15, 0.2) is 24.3 Å². The van der Waals surface area contributed by atoms with Gasteiger partial charge in [-0.2, -0.15) is 14.0 Å². The van der Waals surface area contributed by atoms with Gasteiger partial charge in [-0.3, -0.25) is 4.79 Å². The summed E-state index contributed by atoms with van der Waals surface area (Å²) in [5, 5.41) is 9.19. The summed E-state index contributed by atoms with van der Waals surface area (Å²) in [5.41, 5.74) is 0.479. The Bertz CT molecular complexity index is 546. The highest BCUT2D eigenvalue weighted by Crippen LogP contribution is 2.53. The lowest BCUT2D eigenvalue weighted by molar-refractivity contribution is -0.121. The van der Waals surface area contributed by atoms with E-state index < -0.39 is 12.5 Å². The van der Waals surface area contributed by atoms with Gasteiger partial charge in [0.15, 0.2) is 5.78 Å². The van der Waals surface area contributed by atoms with E-state index in [-0.39, 0.29) is 22.9 Å². The molecule has 1 fully saturated rings. The van der Waals surface area contributed by atoms with Gasteiger partial charge >= 0.3 is 6.61 Å². The molecule has 106 valence electrons. The molecule has 5 heteroatoms. The summed E-state index contributed by atoms with van der Waals surface area (Å²) in [7, 11) is 0. The second-order valence-electron chi connectivity index (χ2n) is 5.66. The Morgan fingerprint density at radius 3 is 2.35 bits per heavy atom. The molecule has 1 aliphatic carbocycles. The molecule has 3 nitrogen and oxygen atoms in total. The van der Waals surface area contributed by atoms with Crippen molar-refractivity contribution in [1.29, 1.82) is 5.26 Å². The van der Waals surface area contributed by atoms with Crippen molar-refractivity contribution < 1.29 is 18.3 Å². The maximum absolute atomic E-state index is 12.2. The van der Waals surface area contributed by atoms with Crippen LogP contribution in [0.25, 0.3) is 0 Å². The predicted molar refractivity (Wildman–Crippen MR) is 68.3 cm³/mol. The van der Waals surface area contributed by atoms with E-state index in [9.17, 15) is 18.8 Å². The molecular formula is C15H15F2NO2. The number of carbonyl (C=O) groups excluding carboxylic acids is 1. The second kappa shape index (κ2) is 5.20. The van der Waals surface area contributed by atoms with E-state index in [0.29, 0.717) is 5.56 Å².